The quantitative estimate of drug-likeness (QED) is 0.848. The van der Waals surface area contributed by atoms with Gasteiger partial charge in [-0.05, 0) is 39.0 Å². The Morgan fingerprint density at radius 1 is 1.16 bits per heavy atom. The fourth-order valence-electron chi connectivity index (χ4n) is 3.77. The van der Waals surface area contributed by atoms with E-state index in [0.29, 0.717) is 17.1 Å². The van der Waals surface area contributed by atoms with Gasteiger partial charge >= 0.3 is 0 Å². The molecule has 19 heavy (non-hydrogen) atoms. The lowest BCUT2D eigenvalue weighted by atomic mass is 9.81. The summed E-state index contributed by atoms with van der Waals surface area (Å²) in [5.41, 5.74) is 0.670. The molecule has 0 aliphatic carbocycles. The first-order chi connectivity index (χ1) is 9.09. The van der Waals surface area contributed by atoms with Gasteiger partial charge in [0.05, 0.1) is 0 Å². The monoisotopic (exact) mass is 268 g/mol. The molecule has 1 atom stereocenters. The van der Waals surface area contributed by atoms with E-state index < -0.39 is 0 Å². The third kappa shape index (κ3) is 2.98. The molecule has 2 aliphatic heterocycles. The molecule has 0 radical (unpaired) electrons. The van der Waals surface area contributed by atoms with Crippen molar-refractivity contribution in [2.24, 2.45) is 0 Å². The Kier molecular flexibility index (Phi) is 4.91. The molecule has 0 aromatic rings. The average molecular weight is 268 g/mol. The molecular weight excluding hydrogens is 236 g/mol. The van der Waals surface area contributed by atoms with Crippen LogP contribution >= 0.6 is 0 Å². The van der Waals surface area contributed by atoms with Crippen molar-refractivity contribution in [3.63, 3.8) is 0 Å². The van der Waals surface area contributed by atoms with E-state index in [2.05, 4.69) is 37.9 Å². The zero-order valence-corrected chi connectivity index (χ0v) is 13.3. The molecule has 2 aliphatic rings. The number of hydrogen-bond donors (Lipinski definition) is 1. The standard InChI is InChI=1S/C16H32N2O/c1-5-14-12-17-16(6-2,7-3)13-18(14)15(4)8-10-19-11-9-15/h14,17H,5-13H2,1-4H3. The van der Waals surface area contributed by atoms with Crippen LogP contribution in [-0.4, -0.2) is 48.3 Å². The minimum atomic E-state index is 0.326. The SMILES string of the molecule is CCC1CNC(CC)(CC)CN1C1(C)CCOCC1. The van der Waals surface area contributed by atoms with Gasteiger partial charge in [0.15, 0.2) is 0 Å². The van der Waals surface area contributed by atoms with E-state index in [9.17, 15) is 0 Å². The van der Waals surface area contributed by atoms with Gasteiger partial charge in [-0.2, -0.15) is 0 Å². The predicted molar refractivity (Wildman–Crippen MR) is 80.6 cm³/mol. The van der Waals surface area contributed by atoms with Crippen molar-refractivity contribution in [2.75, 3.05) is 26.3 Å². The highest BCUT2D eigenvalue weighted by atomic mass is 16.5. The first kappa shape index (κ1) is 15.3. The molecule has 1 N–H and O–H groups in total. The first-order valence-corrected chi connectivity index (χ1v) is 8.18. The van der Waals surface area contributed by atoms with Gasteiger partial charge in [0.25, 0.3) is 0 Å². The lowest BCUT2D eigenvalue weighted by Gasteiger charge is -2.55. The average Bonchev–Trinajstić information content (AvgIpc) is 2.47. The summed E-state index contributed by atoms with van der Waals surface area (Å²) < 4.78 is 5.59. The predicted octanol–water partition coefficient (Wildman–Crippen LogP) is 2.80. The number of piperazine rings is 1. The zero-order chi connectivity index (χ0) is 13.9. The minimum absolute atomic E-state index is 0.326. The van der Waals surface area contributed by atoms with Crippen LogP contribution in [0.15, 0.2) is 0 Å². The normalized spacial score (nSPS) is 31.3. The van der Waals surface area contributed by atoms with Gasteiger partial charge in [-0.3, -0.25) is 4.90 Å². The van der Waals surface area contributed by atoms with E-state index in [0.717, 1.165) is 19.8 Å². The molecule has 2 heterocycles. The number of nitrogens with zero attached hydrogens (tertiary/aromatic N) is 1. The highest BCUT2D eigenvalue weighted by molar-refractivity contribution is 5.02. The Hall–Kier alpha value is -0.120. The van der Waals surface area contributed by atoms with Gasteiger partial charge in [-0.25, -0.2) is 0 Å². The minimum Gasteiger partial charge on any atom is -0.381 e. The Bertz CT molecular complexity index is 282. The van der Waals surface area contributed by atoms with Crippen molar-refractivity contribution < 1.29 is 4.74 Å². The van der Waals surface area contributed by atoms with Gasteiger partial charge in [0, 0.05) is 43.4 Å². The van der Waals surface area contributed by atoms with E-state index in [-0.39, 0.29) is 0 Å². The molecule has 2 saturated heterocycles. The number of ether oxygens (including phenoxy) is 1. The van der Waals surface area contributed by atoms with Gasteiger partial charge in [0.2, 0.25) is 0 Å². The van der Waals surface area contributed by atoms with E-state index in [1.54, 1.807) is 0 Å². The smallest absolute Gasteiger partial charge is 0.0483 e. The second kappa shape index (κ2) is 6.11. The van der Waals surface area contributed by atoms with Crippen LogP contribution in [-0.2, 0) is 4.74 Å². The summed E-state index contributed by atoms with van der Waals surface area (Å²) in [5, 5.41) is 3.85. The van der Waals surface area contributed by atoms with Gasteiger partial charge in [-0.1, -0.05) is 20.8 Å². The van der Waals surface area contributed by atoms with Crippen molar-refractivity contribution in [3.05, 3.63) is 0 Å². The van der Waals surface area contributed by atoms with Crippen LogP contribution in [0.25, 0.3) is 0 Å². The van der Waals surface area contributed by atoms with Crippen LogP contribution in [0.4, 0.5) is 0 Å². The molecule has 3 nitrogen and oxygen atoms in total. The van der Waals surface area contributed by atoms with Crippen molar-refractivity contribution in [1.29, 1.82) is 0 Å². The molecule has 0 bridgehead atoms. The Morgan fingerprint density at radius 2 is 1.79 bits per heavy atom. The molecule has 0 aromatic carbocycles. The molecule has 0 spiro atoms. The number of rotatable bonds is 4. The Labute approximate surface area is 119 Å². The second-order valence-electron chi connectivity index (χ2n) is 6.67. The molecule has 0 amide bonds. The molecule has 2 rings (SSSR count). The second-order valence-corrected chi connectivity index (χ2v) is 6.67. The maximum Gasteiger partial charge on any atom is 0.0483 e. The largest absolute Gasteiger partial charge is 0.381 e. The summed E-state index contributed by atoms with van der Waals surface area (Å²) in [7, 11) is 0. The molecule has 2 fully saturated rings. The Morgan fingerprint density at radius 3 is 2.32 bits per heavy atom. The van der Waals surface area contributed by atoms with Crippen molar-refractivity contribution in [2.45, 2.75) is 76.9 Å². The lowest BCUT2D eigenvalue weighted by molar-refractivity contribution is -0.0692. The molecule has 0 aromatic heterocycles. The fraction of sp³-hybridized carbons (Fsp3) is 1.00. The summed E-state index contributed by atoms with van der Waals surface area (Å²) in [6.07, 6.45) is 6.07. The fourth-order valence-corrected chi connectivity index (χ4v) is 3.77. The maximum atomic E-state index is 5.59. The van der Waals surface area contributed by atoms with Crippen LogP contribution in [0.3, 0.4) is 0 Å². The van der Waals surface area contributed by atoms with Gasteiger partial charge in [0.1, 0.15) is 0 Å². The van der Waals surface area contributed by atoms with E-state index in [1.165, 1.54) is 38.6 Å². The summed E-state index contributed by atoms with van der Waals surface area (Å²) in [4.78, 5) is 2.82. The van der Waals surface area contributed by atoms with E-state index >= 15 is 0 Å². The third-order valence-electron chi connectivity index (χ3n) is 5.71. The topological polar surface area (TPSA) is 24.5 Å². The van der Waals surface area contributed by atoms with Crippen LogP contribution < -0.4 is 5.32 Å². The Balaban J connectivity index is 2.17. The highest BCUT2D eigenvalue weighted by Gasteiger charge is 2.44. The molecule has 1 unspecified atom stereocenters. The molecular formula is C16H32N2O. The molecule has 112 valence electrons. The summed E-state index contributed by atoms with van der Waals surface area (Å²) in [5.74, 6) is 0. The third-order valence-corrected chi connectivity index (χ3v) is 5.71. The van der Waals surface area contributed by atoms with E-state index in [1.807, 2.05) is 0 Å². The van der Waals surface area contributed by atoms with Gasteiger partial charge in [-0.15, -0.1) is 0 Å². The molecule has 3 heteroatoms. The summed E-state index contributed by atoms with van der Waals surface area (Å²) in [6.45, 7) is 13.7. The number of nitrogens with one attached hydrogen (secondary N) is 1. The van der Waals surface area contributed by atoms with Crippen LogP contribution in [0.5, 0.6) is 0 Å². The van der Waals surface area contributed by atoms with Crippen molar-refractivity contribution in [3.8, 4) is 0 Å². The highest BCUT2D eigenvalue weighted by Crippen LogP contribution is 2.35. The lowest BCUT2D eigenvalue weighted by Crippen LogP contribution is -2.69. The zero-order valence-electron chi connectivity index (χ0n) is 13.3. The van der Waals surface area contributed by atoms with Gasteiger partial charge < -0.3 is 10.1 Å². The van der Waals surface area contributed by atoms with Crippen LogP contribution in [0, 0.1) is 0 Å². The van der Waals surface area contributed by atoms with Crippen LogP contribution in [0.2, 0.25) is 0 Å². The summed E-state index contributed by atoms with van der Waals surface area (Å²) >= 11 is 0. The van der Waals surface area contributed by atoms with Crippen molar-refractivity contribution >= 4 is 0 Å². The van der Waals surface area contributed by atoms with Crippen molar-refractivity contribution in [1.82, 2.24) is 10.2 Å². The number of hydrogen-bond acceptors (Lipinski definition) is 3. The van der Waals surface area contributed by atoms with E-state index in [4.69, 9.17) is 4.74 Å². The molecule has 0 saturated carbocycles. The summed E-state index contributed by atoms with van der Waals surface area (Å²) in [6, 6.07) is 0.689. The van der Waals surface area contributed by atoms with Crippen LogP contribution in [0.1, 0.15) is 59.8 Å². The maximum absolute atomic E-state index is 5.59. The first-order valence-electron chi connectivity index (χ1n) is 8.18.